The van der Waals surface area contributed by atoms with Gasteiger partial charge in [-0.3, -0.25) is 4.90 Å². The highest BCUT2D eigenvalue weighted by Gasteiger charge is 2.16. The average Bonchev–Trinajstić information content (AvgIpc) is 2.70. The maximum absolute atomic E-state index is 12.6. The van der Waals surface area contributed by atoms with E-state index in [0.717, 1.165) is 30.8 Å². The molecule has 27 heavy (non-hydrogen) atoms. The zero-order valence-corrected chi connectivity index (χ0v) is 16.8. The summed E-state index contributed by atoms with van der Waals surface area (Å²) in [5, 5.41) is 0. The van der Waals surface area contributed by atoms with E-state index in [1.54, 1.807) is 0 Å². The van der Waals surface area contributed by atoms with Crippen LogP contribution in [0.5, 0.6) is 0 Å². The van der Waals surface area contributed by atoms with E-state index in [1.807, 2.05) is 24.3 Å². The third-order valence-corrected chi connectivity index (χ3v) is 5.86. The summed E-state index contributed by atoms with van der Waals surface area (Å²) in [6.07, 6.45) is 0. The van der Waals surface area contributed by atoms with Crippen LogP contribution in [-0.2, 0) is 27.8 Å². The number of carbonyl (C=O) groups excluding carboxylic acids is 1. The number of sulfonamides is 1. The van der Waals surface area contributed by atoms with E-state index in [-0.39, 0.29) is 11.4 Å². The van der Waals surface area contributed by atoms with Crippen LogP contribution in [0.15, 0.2) is 53.4 Å². The van der Waals surface area contributed by atoms with Crippen LogP contribution in [-0.4, -0.2) is 39.5 Å². The number of esters is 1. The number of methoxy groups -OCH3 is 1. The molecule has 0 amide bonds. The molecule has 0 aliphatic carbocycles. The third-order valence-electron chi connectivity index (χ3n) is 4.45. The van der Waals surface area contributed by atoms with Crippen molar-refractivity contribution in [1.29, 1.82) is 0 Å². The van der Waals surface area contributed by atoms with Crippen molar-refractivity contribution in [2.75, 3.05) is 20.2 Å². The Hall–Kier alpha value is -2.22. The summed E-state index contributed by atoms with van der Waals surface area (Å²) in [5.74, 6) is -0.503. The molecule has 6 nitrogen and oxygen atoms in total. The van der Waals surface area contributed by atoms with Gasteiger partial charge in [-0.1, -0.05) is 38.1 Å². The SMILES string of the molecule is CCN(CC)Cc1ccccc1CNS(=O)(=O)c1ccc(C(=O)OC)cc1. The van der Waals surface area contributed by atoms with Crippen molar-refractivity contribution >= 4 is 16.0 Å². The number of nitrogens with one attached hydrogen (secondary N) is 1. The van der Waals surface area contributed by atoms with E-state index < -0.39 is 16.0 Å². The lowest BCUT2D eigenvalue weighted by atomic mass is 10.1. The molecule has 2 aromatic carbocycles. The molecule has 0 aliphatic rings. The van der Waals surface area contributed by atoms with E-state index in [2.05, 4.69) is 28.2 Å². The molecular formula is C20H26N2O4S. The van der Waals surface area contributed by atoms with Gasteiger partial charge in [-0.05, 0) is 48.5 Å². The maximum atomic E-state index is 12.6. The molecule has 1 N–H and O–H groups in total. The lowest BCUT2D eigenvalue weighted by molar-refractivity contribution is 0.0600. The third kappa shape index (κ3) is 5.63. The Balaban J connectivity index is 2.12. The highest BCUT2D eigenvalue weighted by atomic mass is 32.2. The lowest BCUT2D eigenvalue weighted by Crippen LogP contribution is -2.26. The van der Waals surface area contributed by atoms with E-state index >= 15 is 0 Å². The van der Waals surface area contributed by atoms with Crippen molar-refractivity contribution in [3.8, 4) is 0 Å². The topological polar surface area (TPSA) is 75.7 Å². The van der Waals surface area contributed by atoms with Crippen LogP contribution in [0, 0.1) is 0 Å². The van der Waals surface area contributed by atoms with Gasteiger partial charge in [0.25, 0.3) is 0 Å². The Bertz CT molecular complexity index is 860. The Morgan fingerprint density at radius 2 is 1.59 bits per heavy atom. The predicted octanol–water partition coefficient (Wildman–Crippen LogP) is 2.79. The van der Waals surface area contributed by atoms with Crippen LogP contribution < -0.4 is 4.72 Å². The van der Waals surface area contributed by atoms with Crippen molar-refractivity contribution < 1.29 is 17.9 Å². The summed E-state index contributed by atoms with van der Waals surface area (Å²) in [6.45, 7) is 7.06. The van der Waals surface area contributed by atoms with Gasteiger partial charge in [-0.2, -0.15) is 0 Å². The quantitative estimate of drug-likeness (QED) is 0.667. The number of hydrogen-bond acceptors (Lipinski definition) is 5. The van der Waals surface area contributed by atoms with Crippen molar-refractivity contribution in [2.45, 2.75) is 31.8 Å². The maximum Gasteiger partial charge on any atom is 0.337 e. The molecule has 0 fully saturated rings. The van der Waals surface area contributed by atoms with Crippen molar-refractivity contribution in [3.05, 3.63) is 65.2 Å². The Kier molecular flexibility index (Phi) is 7.53. The Morgan fingerprint density at radius 3 is 2.15 bits per heavy atom. The summed E-state index contributed by atoms with van der Waals surface area (Å²) in [6, 6.07) is 13.5. The lowest BCUT2D eigenvalue weighted by Gasteiger charge is -2.20. The summed E-state index contributed by atoms with van der Waals surface area (Å²) in [4.78, 5) is 13.9. The Labute approximate surface area is 161 Å². The molecule has 2 rings (SSSR count). The van der Waals surface area contributed by atoms with Crippen LogP contribution in [0.3, 0.4) is 0 Å². The minimum Gasteiger partial charge on any atom is -0.465 e. The zero-order valence-electron chi connectivity index (χ0n) is 15.9. The highest BCUT2D eigenvalue weighted by Crippen LogP contribution is 2.15. The molecule has 0 saturated heterocycles. The molecule has 0 atom stereocenters. The number of rotatable bonds is 9. The van der Waals surface area contributed by atoms with E-state index in [1.165, 1.54) is 31.4 Å². The van der Waals surface area contributed by atoms with Gasteiger partial charge < -0.3 is 4.74 Å². The molecule has 146 valence electrons. The van der Waals surface area contributed by atoms with Crippen LogP contribution in [0.4, 0.5) is 0 Å². The fourth-order valence-electron chi connectivity index (χ4n) is 2.72. The van der Waals surface area contributed by atoms with Gasteiger partial charge in [0.2, 0.25) is 10.0 Å². The molecule has 2 aromatic rings. The number of hydrogen-bond donors (Lipinski definition) is 1. The number of benzene rings is 2. The largest absolute Gasteiger partial charge is 0.465 e. The summed E-state index contributed by atoms with van der Waals surface area (Å²) < 4.78 is 32.4. The van der Waals surface area contributed by atoms with Gasteiger partial charge in [0.05, 0.1) is 17.6 Å². The summed E-state index contributed by atoms with van der Waals surface area (Å²) in [5.41, 5.74) is 2.35. The van der Waals surface area contributed by atoms with Gasteiger partial charge in [0, 0.05) is 13.1 Å². The summed E-state index contributed by atoms with van der Waals surface area (Å²) in [7, 11) is -2.40. The standard InChI is InChI=1S/C20H26N2O4S/c1-4-22(5-2)15-18-9-7-6-8-17(18)14-21-27(24,25)19-12-10-16(11-13-19)20(23)26-3/h6-13,21H,4-5,14-15H2,1-3H3. The number of nitrogens with zero attached hydrogens (tertiary/aromatic N) is 1. The predicted molar refractivity (Wildman–Crippen MR) is 105 cm³/mol. The smallest absolute Gasteiger partial charge is 0.337 e. The van der Waals surface area contributed by atoms with Gasteiger partial charge in [0.1, 0.15) is 0 Å². The molecule has 0 bridgehead atoms. The molecule has 0 unspecified atom stereocenters. The normalized spacial score (nSPS) is 11.6. The van der Waals surface area contributed by atoms with E-state index in [0.29, 0.717) is 5.56 Å². The molecule has 0 aromatic heterocycles. The van der Waals surface area contributed by atoms with Crippen molar-refractivity contribution in [3.63, 3.8) is 0 Å². The van der Waals surface area contributed by atoms with E-state index in [4.69, 9.17) is 0 Å². The van der Waals surface area contributed by atoms with Crippen molar-refractivity contribution in [2.24, 2.45) is 0 Å². The molecule has 0 heterocycles. The zero-order chi connectivity index (χ0) is 19.9. The second-order valence-corrected chi connectivity index (χ2v) is 7.84. The first-order valence-corrected chi connectivity index (χ1v) is 10.4. The first-order valence-electron chi connectivity index (χ1n) is 8.88. The highest BCUT2D eigenvalue weighted by molar-refractivity contribution is 7.89. The molecule has 0 saturated carbocycles. The Morgan fingerprint density at radius 1 is 1.00 bits per heavy atom. The first-order chi connectivity index (χ1) is 12.9. The van der Waals surface area contributed by atoms with Crippen molar-refractivity contribution in [1.82, 2.24) is 9.62 Å². The van der Waals surface area contributed by atoms with Gasteiger partial charge in [0.15, 0.2) is 0 Å². The van der Waals surface area contributed by atoms with Gasteiger partial charge in [-0.25, -0.2) is 17.9 Å². The second-order valence-electron chi connectivity index (χ2n) is 6.07. The second kappa shape index (κ2) is 9.64. The number of ether oxygens (including phenoxy) is 1. The monoisotopic (exact) mass is 390 g/mol. The molecule has 0 spiro atoms. The van der Waals surface area contributed by atoms with Gasteiger partial charge >= 0.3 is 5.97 Å². The summed E-state index contributed by atoms with van der Waals surface area (Å²) >= 11 is 0. The first kappa shape index (κ1) is 21.1. The molecule has 0 radical (unpaired) electrons. The molecule has 0 aliphatic heterocycles. The minimum absolute atomic E-state index is 0.108. The molecular weight excluding hydrogens is 364 g/mol. The number of carbonyl (C=O) groups is 1. The fraction of sp³-hybridized carbons (Fsp3) is 0.350. The average molecular weight is 391 g/mol. The van der Waals surface area contributed by atoms with Crippen LogP contribution in [0.1, 0.15) is 35.3 Å². The van der Waals surface area contributed by atoms with Crippen LogP contribution in [0.25, 0.3) is 0 Å². The van der Waals surface area contributed by atoms with E-state index in [9.17, 15) is 13.2 Å². The van der Waals surface area contributed by atoms with Gasteiger partial charge in [-0.15, -0.1) is 0 Å². The van der Waals surface area contributed by atoms with Crippen LogP contribution in [0.2, 0.25) is 0 Å². The minimum atomic E-state index is -3.68. The molecule has 7 heteroatoms. The fourth-order valence-corrected chi connectivity index (χ4v) is 3.72. The van der Waals surface area contributed by atoms with Crippen LogP contribution >= 0.6 is 0 Å².